The van der Waals surface area contributed by atoms with Crippen molar-refractivity contribution in [2.75, 3.05) is 13.7 Å². The highest BCUT2D eigenvalue weighted by molar-refractivity contribution is 5.75. The molecule has 11 heavy (non-hydrogen) atoms. The number of hydrogen-bond acceptors (Lipinski definition) is 3. The number of hydrogen-bond donors (Lipinski definition) is 1. The fourth-order valence-electron chi connectivity index (χ4n) is 0.981. The number of nitrogens with one attached hydrogen (secondary N) is 1. The molecule has 0 aliphatic rings. The van der Waals surface area contributed by atoms with Gasteiger partial charge in [-0.2, -0.15) is 0 Å². The maximum Gasteiger partial charge on any atom is 0.322 e. The smallest absolute Gasteiger partial charge is 0.322 e. The van der Waals surface area contributed by atoms with Crippen molar-refractivity contribution in [3.63, 3.8) is 0 Å². The Bertz CT molecular complexity index is 109. The highest BCUT2D eigenvalue weighted by Gasteiger charge is 2.15. The van der Waals surface area contributed by atoms with Gasteiger partial charge in [0.15, 0.2) is 0 Å². The minimum atomic E-state index is -0.159. The van der Waals surface area contributed by atoms with Crippen molar-refractivity contribution < 1.29 is 9.53 Å². The Kier molecular flexibility index (Phi) is 5.84. The molecule has 0 aromatic carbocycles. The molecule has 0 saturated heterocycles. The maximum absolute atomic E-state index is 11.0. The van der Waals surface area contributed by atoms with Gasteiger partial charge in [-0.3, -0.25) is 4.79 Å². The second kappa shape index (κ2) is 6.16. The van der Waals surface area contributed by atoms with Gasteiger partial charge in [-0.1, -0.05) is 20.3 Å². The summed E-state index contributed by atoms with van der Waals surface area (Å²) >= 11 is 0. The number of carbonyl (C=O) groups is 1. The molecular formula is C8H17NO2. The number of carbonyl (C=O) groups excluding carboxylic acids is 1. The van der Waals surface area contributed by atoms with E-state index in [4.69, 9.17) is 0 Å². The molecule has 1 atom stereocenters. The van der Waals surface area contributed by atoms with E-state index in [-0.39, 0.29) is 12.0 Å². The predicted octanol–water partition coefficient (Wildman–Crippen LogP) is 0.938. The molecule has 1 unspecified atom stereocenters. The predicted molar refractivity (Wildman–Crippen MR) is 44.4 cm³/mol. The van der Waals surface area contributed by atoms with E-state index < -0.39 is 0 Å². The van der Waals surface area contributed by atoms with E-state index in [1.165, 1.54) is 7.11 Å². The molecule has 0 amide bonds. The maximum atomic E-state index is 11.0. The van der Waals surface area contributed by atoms with E-state index >= 15 is 0 Å². The van der Waals surface area contributed by atoms with Crippen molar-refractivity contribution in [2.24, 2.45) is 0 Å². The SMILES string of the molecule is CCCC(NCC)C(=O)OC. The van der Waals surface area contributed by atoms with Gasteiger partial charge in [0.05, 0.1) is 7.11 Å². The van der Waals surface area contributed by atoms with Crippen molar-refractivity contribution in [3.8, 4) is 0 Å². The highest BCUT2D eigenvalue weighted by Crippen LogP contribution is 1.97. The van der Waals surface area contributed by atoms with Crippen LogP contribution in [0.5, 0.6) is 0 Å². The van der Waals surface area contributed by atoms with E-state index in [0.29, 0.717) is 0 Å². The van der Waals surface area contributed by atoms with Gasteiger partial charge in [0.1, 0.15) is 6.04 Å². The summed E-state index contributed by atoms with van der Waals surface area (Å²) < 4.78 is 4.62. The number of esters is 1. The van der Waals surface area contributed by atoms with Gasteiger partial charge >= 0.3 is 5.97 Å². The molecule has 0 aromatic heterocycles. The number of rotatable bonds is 5. The fourth-order valence-corrected chi connectivity index (χ4v) is 0.981. The molecule has 0 aromatic rings. The molecule has 3 heteroatoms. The van der Waals surface area contributed by atoms with Crippen LogP contribution in [-0.2, 0) is 9.53 Å². The summed E-state index contributed by atoms with van der Waals surface area (Å²) in [6.45, 7) is 4.83. The topological polar surface area (TPSA) is 38.3 Å². The van der Waals surface area contributed by atoms with Crippen molar-refractivity contribution >= 4 is 5.97 Å². The minimum Gasteiger partial charge on any atom is -0.468 e. The molecule has 3 nitrogen and oxygen atoms in total. The summed E-state index contributed by atoms with van der Waals surface area (Å²) in [7, 11) is 1.42. The first-order valence-electron chi connectivity index (χ1n) is 4.07. The Morgan fingerprint density at radius 1 is 1.55 bits per heavy atom. The van der Waals surface area contributed by atoms with Crippen LogP contribution in [-0.4, -0.2) is 25.7 Å². The molecule has 66 valence electrons. The molecule has 0 saturated carbocycles. The minimum absolute atomic E-state index is 0.116. The van der Waals surface area contributed by atoms with Crippen LogP contribution in [0.4, 0.5) is 0 Å². The summed E-state index contributed by atoms with van der Waals surface area (Å²) in [6, 6.07) is -0.116. The third-order valence-corrected chi connectivity index (χ3v) is 1.51. The van der Waals surface area contributed by atoms with Crippen molar-refractivity contribution in [1.29, 1.82) is 0 Å². The second-order valence-corrected chi connectivity index (χ2v) is 2.42. The van der Waals surface area contributed by atoms with Crippen LogP contribution in [0.3, 0.4) is 0 Å². The monoisotopic (exact) mass is 159 g/mol. The Balaban J connectivity index is 3.76. The highest BCUT2D eigenvalue weighted by atomic mass is 16.5. The number of methoxy groups -OCH3 is 1. The van der Waals surface area contributed by atoms with Gasteiger partial charge < -0.3 is 10.1 Å². The lowest BCUT2D eigenvalue weighted by Gasteiger charge is -2.13. The standard InChI is InChI=1S/C8H17NO2/c1-4-6-7(9-5-2)8(10)11-3/h7,9H,4-6H2,1-3H3. The van der Waals surface area contributed by atoms with Crippen LogP contribution in [0, 0.1) is 0 Å². The lowest BCUT2D eigenvalue weighted by Crippen LogP contribution is -2.37. The molecule has 0 fully saturated rings. The summed E-state index contributed by atoms with van der Waals surface area (Å²) in [5.74, 6) is -0.159. The van der Waals surface area contributed by atoms with E-state index in [0.717, 1.165) is 19.4 Å². The average molecular weight is 159 g/mol. The first kappa shape index (κ1) is 10.4. The average Bonchev–Trinajstić information content (AvgIpc) is 2.03. The van der Waals surface area contributed by atoms with Gasteiger partial charge in [-0.25, -0.2) is 0 Å². The van der Waals surface area contributed by atoms with Gasteiger partial charge in [0, 0.05) is 0 Å². The second-order valence-electron chi connectivity index (χ2n) is 2.42. The summed E-state index contributed by atoms with van der Waals surface area (Å²) in [5.41, 5.74) is 0. The Morgan fingerprint density at radius 3 is 2.55 bits per heavy atom. The zero-order valence-corrected chi connectivity index (χ0v) is 7.52. The van der Waals surface area contributed by atoms with Gasteiger partial charge in [-0.05, 0) is 13.0 Å². The van der Waals surface area contributed by atoms with Crippen molar-refractivity contribution in [1.82, 2.24) is 5.32 Å². The third kappa shape index (κ3) is 3.98. The van der Waals surface area contributed by atoms with E-state index in [1.807, 2.05) is 13.8 Å². The Labute approximate surface area is 68.1 Å². The summed E-state index contributed by atoms with van der Waals surface area (Å²) in [5, 5.41) is 3.06. The van der Waals surface area contributed by atoms with Gasteiger partial charge in [0.2, 0.25) is 0 Å². The first-order valence-corrected chi connectivity index (χ1v) is 4.07. The number of likely N-dealkylation sites (N-methyl/N-ethyl adjacent to an activating group) is 1. The molecule has 0 spiro atoms. The zero-order valence-electron chi connectivity index (χ0n) is 7.52. The van der Waals surface area contributed by atoms with Crippen LogP contribution in [0.25, 0.3) is 0 Å². The largest absolute Gasteiger partial charge is 0.468 e. The molecule has 0 bridgehead atoms. The third-order valence-electron chi connectivity index (χ3n) is 1.51. The molecule has 0 aliphatic heterocycles. The van der Waals surface area contributed by atoms with Gasteiger partial charge in [0.25, 0.3) is 0 Å². The summed E-state index contributed by atoms with van der Waals surface area (Å²) in [6.07, 6.45) is 1.84. The van der Waals surface area contributed by atoms with Gasteiger partial charge in [-0.15, -0.1) is 0 Å². The van der Waals surface area contributed by atoms with Crippen molar-refractivity contribution in [2.45, 2.75) is 32.7 Å². The van der Waals surface area contributed by atoms with E-state index in [2.05, 4.69) is 10.1 Å². The number of ether oxygens (including phenoxy) is 1. The van der Waals surface area contributed by atoms with Crippen molar-refractivity contribution in [3.05, 3.63) is 0 Å². The lowest BCUT2D eigenvalue weighted by molar-refractivity contribution is -0.143. The Hall–Kier alpha value is -0.570. The normalized spacial score (nSPS) is 12.6. The molecule has 0 aliphatic carbocycles. The van der Waals surface area contributed by atoms with Crippen LogP contribution in [0.1, 0.15) is 26.7 Å². The van der Waals surface area contributed by atoms with Crippen LogP contribution < -0.4 is 5.32 Å². The summed E-state index contributed by atoms with van der Waals surface area (Å²) in [4.78, 5) is 11.0. The molecule has 0 heterocycles. The van der Waals surface area contributed by atoms with Crippen LogP contribution >= 0.6 is 0 Å². The lowest BCUT2D eigenvalue weighted by atomic mass is 10.2. The zero-order chi connectivity index (χ0) is 8.69. The van der Waals surface area contributed by atoms with E-state index in [1.54, 1.807) is 0 Å². The van der Waals surface area contributed by atoms with Crippen LogP contribution in [0.15, 0.2) is 0 Å². The quantitative estimate of drug-likeness (QED) is 0.607. The Morgan fingerprint density at radius 2 is 2.18 bits per heavy atom. The molecule has 0 radical (unpaired) electrons. The molecule has 1 N–H and O–H groups in total. The van der Waals surface area contributed by atoms with E-state index in [9.17, 15) is 4.79 Å². The fraction of sp³-hybridized carbons (Fsp3) is 0.875. The van der Waals surface area contributed by atoms with Crippen LogP contribution in [0.2, 0.25) is 0 Å². The molecule has 0 rings (SSSR count). The first-order chi connectivity index (χ1) is 5.26. The molecular weight excluding hydrogens is 142 g/mol.